The zero-order valence-corrected chi connectivity index (χ0v) is 13.3. The van der Waals surface area contributed by atoms with Crippen LogP contribution in [0.5, 0.6) is 0 Å². The molecule has 0 spiro atoms. The average molecular weight is 311 g/mol. The van der Waals surface area contributed by atoms with E-state index in [1.54, 1.807) is 0 Å². The van der Waals surface area contributed by atoms with Gasteiger partial charge in [-0.2, -0.15) is 0 Å². The van der Waals surface area contributed by atoms with E-state index in [0.29, 0.717) is 6.04 Å². The monoisotopic (exact) mass is 310 g/mol. The number of nitrogens with zero attached hydrogens (tertiary/aromatic N) is 1. The molecule has 1 atom stereocenters. The summed E-state index contributed by atoms with van der Waals surface area (Å²) < 4.78 is 1.26. The van der Waals surface area contributed by atoms with E-state index < -0.39 is 0 Å². The van der Waals surface area contributed by atoms with E-state index in [9.17, 15) is 0 Å². The Morgan fingerprint density at radius 3 is 2.78 bits per heavy atom. The quantitative estimate of drug-likeness (QED) is 0.917. The largest absolute Gasteiger partial charge is 0.308 e. The van der Waals surface area contributed by atoms with Crippen LogP contribution >= 0.6 is 15.9 Å². The number of hydrogen-bond acceptors (Lipinski definition) is 2. The molecule has 2 rings (SSSR count). The Kier molecular flexibility index (Phi) is 4.15. The Morgan fingerprint density at radius 1 is 1.39 bits per heavy atom. The van der Waals surface area contributed by atoms with Crippen molar-refractivity contribution < 1.29 is 0 Å². The molecule has 1 N–H and O–H groups in total. The second-order valence-electron chi connectivity index (χ2n) is 5.99. The van der Waals surface area contributed by atoms with Gasteiger partial charge in [-0.1, -0.05) is 28.1 Å². The molecule has 0 heterocycles. The minimum Gasteiger partial charge on any atom is -0.308 e. The molecule has 1 aliphatic rings. The summed E-state index contributed by atoms with van der Waals surface area (Å²) in [5, 5.41) is 3.72. The number of halogens is 1. The molecule has 0 saturated heterocycles. The van der Waals surface area contributed by atoms with Crippen molar-refractivity contribution >= 4 is 15.9 Å². The van der Waals surface area contributed by atoms with Crippen LogP contribution in [-0.4, -0.2) is 31.1 Å². The summed E-state index contributed by atoms with van der Waals surface area (Å²) in [6.07, 6.45) is 2.39. The maximum Gasteiger partial charge on any atom is 0.0327 e. The summed E-state index contributed by atoms with van der Waals surface area (Å²) in [7, 11) is 4.28. The van der Waals surface area contributed by atoms with Crippen LogP contribution in [0.2, 0.25) is 0 Å². The Balaban J connectivity index is 2.05. The van der Waals surface area contributed by atoms with Gasteiger partial charge in [-0.15, -0.1) is 0 Å². The maximum atomic E-state index is 3.72. The fourth-order valence-corrected chi connectivity index (χ4v) is 2.93. The van der Waals surface area contributed by atoms with Crippen molar-refractivity contribution in [2.24, 2.45) is 0 Å². The van der Waals surface area contributed by atoms with E-state index in [1.165, 1.54) is 28.4 Å². The van der Waals surface area contributed by atoms with Gasteiger partial charge in [0.15, 0.2) is 0 Å². The molecule has 0 bridgehead atoms. The van der Waals surface area contributed by atoms with Crippen LogP contribution in [0.3, 0.4) is 0 Å². The number of rotatable bonds is 4. The van der Waals surface area contributed by atoms with Crippen LogP contribution in [0.4, 0.5) is 0 Å². The smallest absolute Gasteiger partial charge is 0.0327 e. The van der Waals surface area contributed by atoms with Gasteiger partial charge in [0.05, 0.1) is 0 Å². The van der Waals surface area contributed by atoms with Gasteiger partial charge < -0.3 is 10.2 Å². The number of nitrogens with one attached hydrogen (secondary N) is 1. The Morgan fingerprint density at radius 2 is 2.11 bits per heavy atom. The lowest BCUT2D eigenvalue weighted by Gasteiger charge is -2.34. The fraction of sp³-hybridized carbons (Fsp3) is 0.600. The van der Waals surface area contributed by atoms with Crippen molar-refractivity contribution in [3.63, 3.8) is 0 Å². The summed E-state index contributed by atoms with van der Waals surface area (Å²) in [4.78, 5) is 2.27. The molecule has 3 heteroatoms. The van der Waals surface area contributed by atoms with Crippen molar-refractivity contribution in [3.8, 4) is 0 Å². The zero-order valence-electron chi connectivity index (χ0n) is 11.8. The third-order valence-electron chi connectivity index (χ3n) is 4.21. The van der Waals surface area contributed by atoms with E-state index in [0.717, 1.165) is 6.54 Å². The Labute approximate surface area is 119 Å². The number of hydrogen-bond donors (Lipinski definition) is 1. The normalized spacial score (nSPS) is 19.3. The highest BCUT2D eigenvalue weighted by Crippen LogP contribution is 2.35. The highest BCUT2D eigenvalue weighted by molar-refractivity contribution is 9.10. The fourth-order valence-electron chi connectivity index (χ4n) is 2.35. The van der Waals surface area contributed by atoms with Gasteiger partial charge in [-0.25, -0.2) is 0 Å². The highest BCUT2D eigenvalue weighted by atomic mass is 79.9. The predicted octanol–water partition coefficient (Wildman–Crippen LogP) is 3.37. The van der Waals surface area contributed by atoms with Crippen molar-refractivity contribution in [1.29, 1.82) is 0 Å². The highest BCUT2D eigenvalue weighted by Gasteiger charge is 2.27. The molecule has 0 amide bonds. The standard InChI is InChI=1S/C15H23BrN2/c1-15(2,18(3)4)10-17-14-9-8-11-12(14)6-5-7-13(11)16/h5-7,14,17H,8-10H2,1-4H3. The molecule has 0 saturated carbocycles. The zero-order chi connectivity index (χ0) is 13.3. The second kappa shape index (κ2) is 5.32. The van der Waals surface area contributed by atoms with E-state index in [-0.39, 0.29) is 5.54 Å². The topological polar surface area (TPSA) is 15.3 Å². The summed E-state index contributed by atoms with van der Waals surface area (Å²) in [6.45, 7) is 5.56. The van der Waals surface area contributed by atoms with Gasteiger partial charge in [0, 0.05) is 22.6 Å². The molecule has 0 aliphatic heterocycles. The molecule has 1 aromatic rings. The molecular weight excluding hydrogens is 288 g/mol. The molecule has 1 unspecified atom stereocenters. The average Bonchev–Trinajstić information content (AvgIpc) is 2.71. The van der Waals surface area contributed by atoms with Crippen LogP contribution < -0.4 is 5.32 Å². The first-order chi connectivity index (χ1) is 8.42. The summed E-state index contributed by atoms with van der Waals surface area (Å²) in [6, 6.07) is 7.05. The summed E-state index contributed by atoms with van der Waals surface area (Å²) >= 11 is 3.65. The molecule has 0 radical (unpaired) electrons. The van der Waals surface area contributed by atoms with Crippen molar-refractivity contribution in [2.75, 3.05) is 20.6 Å². The first-order valence-corrected chi connectivity index (χ1v) is 7.39. The minimum atomic E-state index is 0.189. The van der Waals surface area contributed by atoms with Gasteiger partial charge in [0.2, 0.25) is 0 Å². The number of benzene rings is 1. The third kappa shape index (κ3) is 2.79. The van der Waals surface area contributed by atoms with Crippen LogP contribution in [0.25, 0.3) is 0 Å². The Bertz CT molecular complexity index is 427. The molecular formula is C15H23BrN2. The molecule has 1 aliphatic carbocycles. The number of fused-ring (bicyclic) bond motifs is 1. The van der Waals surface area contributed by atoms with Crippen LogP contribution in [-0.2, 0) is 6.42 Å². The van der Waals surface area contributed by atoms with Crippen LogP contribution in [0.15, 0.2) is 22.7 Å². The molecule has 2 nitrogen and oxygen atoms in total. The van der Waals surface area contributed by atoms with E-state index in [2.05, 4.69) is 72.3 Å². The van der Waals surface area contributed by atoms with E-state index >= 15 is 0 Å². The molecule has 100 valence electrons. The molecule has 0 aromatic heterocycles. The maximum absolute atomic E-state index is 3.72. The predicted molar refractivity (Wildman–Crippen MR) is 81.0 cm³/mol. The minimum absolute atomic E-state index is 0.189. The van der Waals surface area contributed by atoms with E-state index in [4.69, 9.17) is 0 Å². The van der Waals surface area contributed by atoms with Crippen molar-refractivity contribution in [3.05, 3.63) is 33.8 Å². The lowest BCUT2D eigenvalue weighted by atomic mass is 10.0. The van der Waals surface area contributed by atoms with Gasteiger partial charge in [0.25, 0.3) is 0 Å². The van der Waals surface area contributed by atoms with E-state index in [1.807, 2.05) is 0 Å². The third-order valence-corrected chi connectivity index (χ3v) is 4.95. The lowest BCUT2D eigenvalue weighted by molar-refractivity contribution is 0.184. The summed E-state index contributed by atoms with van der Waals surface area (Å²) in [5.41, 5.74) is 3.14. The first kappa shape index (κ1) is 14.0. The molecule has 18 heavy (non-hydrogen) atoms. The van der Waals surface area contributed by atoms with Gasteiger partial charge in [-0.05, 0) is 58.0 Å². The lowest BCUT2D eigenvalue weighted by Crippen LogP contribution is -2.47. The van der Waals surface area contributed by atoms with Crippen LogP contribution in [0, 0.1) is 0 Å². The summed E-state index contributed by atoms with van der Waals surface area (Å²) in [5.74, 6) is 0. The molecule has 0 fully saturated rings. The SMILES string of the molecule is CN(C)C(C)(C)CNC1CCc2c(Br)cccc21. The van der Waals surface area contributed by atoms with Crippen molar-refractivity contribution in [2.45, 2.75) is 38.3 Å². The Hall–Kier alpha value is -0.380. The second-order valence-corrected chi connectivity index (χ2v) is 6.84. The van der Waals surface area contributed by atoms with Crippen LogP contribution in [0.1, 0.15) is 37.4 Å². The molecule has 1 aromatic carbocycles. The van der Waals surface area contributed by atoms with Crippen molar-refractivity contribution in [1.82, 2.24) is 10.2 Å². The first-order valence-electron chi connectivity index (χ1n) is 6.60. The van der Waals surface area contributed by atoms with Gasteiger partial charge in [-0.3, -0.25) is 0 Å². The van der Waals surface area contributed by atoms with Gasteiger partial charge >= 0.3 is 0 Å². The number of likely N-dealkylation sites (N-methyl/N-ethyl adjacent to an activating group) is 1. The van der Waals surface area contributed by atoms with Gasteiger partial charge in [0.1, 0.15) is 0 Å².